The summed E-state index contributed by atoms with van der Waals surface area (Å²) in [5.74, 6) is 1.96. The smallest absolute Gasteiger partial charge is 0.241 e. The molecule has 4 nitrogen and oxygen atoms in total. The van der Waals surface area contributed by atoms with Gasteiger partial charge in [-0.2, -0.15) is 4.98 Å². The van der Waals surface area contributed by atoms with Crippen LogP contribution in [0.15, 0.2) is 51.6 Å². The van der Waals surface area contributed by atoms with Crippen molar-refractivity contribution in [3.05, 3.63) is 48.6 Å². The van der Waals surface area contributed by atoms with Gasteiger partial charge >= 0.3 is 0 Å². The lowest BCUT2D eigenvalue weighted by molar-refractivity contribution is 0.391. The first-order valence-corrected chi connectivity index (χ1v) is 5.93. The zero-order chi connectivity index (χ0) is 12.4. The number of rotatable bonds is 3. The minimum absolute atomic E-state index is 0.213. The van der Waals surface area contributed by atoms with Crippen LogP contribution in [-0.4, -0.2) is 10.1 Å². The predicted octanol–water partition coefficient (Wildman–Crippen LogP) is 3.74. The van der Waals surface area contributed by atoms with Gasteiger partial charge in [-0.3, -0.25) is 0 Å². The molecule has 2 aromatic heterocycles. The maximum atomic E-state index is 5.63. The number of halogens is 1. The van der Waals surface area contributed by atoms with Crippen LogP contribution in [0, 0.1) is 0 Å². The van der Waals surface area contributed by atoms with E-state index in [0.717, 1.165) is 16.9 Å². The Morgan fingerprint density at radius 3 is 2.72 bits per heavy atom. The summed E-state index contributed by atoms with van der Waals surface area (Å²) in [4.78, 5) is 4.18. The van der Waals surface area contributed by atoms with Gasteiger partial charge in [-0.15, -0.1) is 11.6 Å². The van der Waals surface area contributed by atoms with Crippen LogP contribution in [0.2, 0.25) is 0 Å². The van der Waals surface area contributed by atoms with Gasteiger partial charge in [-0.1, -0.05) is 23.4 Å². The van der Waals surface area contributed by atoms with E-state index >= 15 is 0 Å². The molecule has 0 atom stereocenters. The molecule has 0 radical (unpaired) electrons. The number of hydrogen-bond donors (Lipinski definition) is 0. The molecule has 18 heavy (non-hydrogen) atoms. The van der Waals surface area contributed by atoms with Crippen molar-refractivity contribution >= 4 is 11.6 Å². The molecule has 0 amide bonds. The highest BCUT2D eigenvalue weighted by Crippen LogP contribution is 2.25. The van der Waals surface area contributed by atoms with E-state index < -0.39 is 0 Å². The van der Waals surface area contributed by atoms with Crippen molar-refractivity contribution < 1.29 is 8.94 Å². The Kier molecular flexibility index (Phi) is 2.86. The summed E-state index contributed by atoms with van der Waals surface area (Å²) in [6.45, 7) is 0. The van der Waals surface area contributed by atoms with Crippen LogP contribution in [-0.2, 0) is 5.88 Å². The van der Waals surface area contributed by atoms with Crippen molar-refractivity contribution in [2.45, 2.75) is 5.88 Å². The normalized spacial score (nSPS) is 10.7. The van der Waals surface area contributed by atoms with Gasteiger partial charge in [-0.25, -0.2) is 0 Å². The third-order valence-electron chi connectivity index (χ3n) is 2.51. The lowest BCUT2D eigenvalue weighted by Gasteiger charge is -1.98. The highest BCUT2D eigenvalue weighted by Gasteiger charge is 2.09. The number of alkyl halides is 1. The van der Waals surface area contributed by atoms with Crippen LogP contribution in [0.5, 0.6) is 0 Å². The maximum Gasteiger partial charge on any atom is 0.241 e. The van der Waals surface area contributed by atoms with Gasteiger partial charge in [0.25, 0.3) is 0 Å². The summed E-state index contributed by atoms with van der Waals surface area (Å²) < 4.78 is 10.3. The topological polar surface area (TPSA) is 52.1 Å². The quantitative estimate of drug-likeness (QED) is 0.673. The number of aromatic nitrogens is 2. The van der Waals surface area contributed by atoms with Crippen LogP contribution in [0.4, 0.5) is 0 Å². The lowest BCUT2D eigenvalue weighted by Crippen LogP contribution is -1.83. The van der Waals surface area contributed by atoms with E-state index in [0.29, 0.717) is 11.7 Å². The van der Waals surface area contributed by atoms with Gasteiger partial charge in [0.2, 0.25) is 11.7 Å². The largest absolute Gasteiger partial charge is 0.464 e. The van der Waals surface area contributed by atoms with Crippen molar-refractivity contribution in [1.29, 1.82) is 0 Å². The van der Waals surface area contributed by atoms with Crippen molar-refractivity contribution in [2.24, 2.45) is 0 Å². The second-order valence-corrected chi connectivity index (χ2v) is 3.97. The lowest BCUT2D eigenvalue weighted by atomic mass is 10.1. The fourth-order valence-electron chi connectivity index (χ4n) is 1.68. The summed E-state index contributed by atoms with van der Waals surface area (Å²) in [5, 5.41) is 3.88. The van der Waals surface area contributed by atoms with Gasteiger partial charge in [-0.05, 0) is 18.2 Å². The molecule has 0 fully saturated rings. The minimum Gasteiger partial charge on any atom is -0.464 e. The molecule has 0 bridgehead atoms. The van der Waals surface area contributed by atoms with Crippen molar-refractivity contribution in [3.63, 3.8) is 0 Å². The summed E-state index contributed by atoms with van der Waals surface area (Å²) >= 11 is 5.63. The average Bonchev–Trinajstić information content (AvgIpc) is 3.10. The van der Waals surface area contributed by atoms with Crippen molar-refractivity contribution in [1.82, 2.24) is 10.1 Å². The first-order valence-electron chi connectivity index (χ1n) is 5.39. The molecule has 0 aliphatic carbocycles. The average molecular weight is 261 g/mol. The highest BCUT2D eigenvalue weighted by molar-refractivity contribution is 6.16. The van der Waals surface area contributed by atoms with E-state index in [1.54, 1.807) is 6.26 Å². The molecule has 90 valence electrons. The van der Waals surface area contributed by atoms with Gasteiger partial charge < -0.3 is 8.94 Å². The van der Waals surface area contributed by atoms with Gasteiger partial charge in [0.15, 0.2) is 0 Å². The fourth-order valence-corrected chi connectivity index (χ4v) is 1.79. The SMILES string of the molecule is ClCc1nc(-c2cccc(-c3ccco3)c2)no1. The Bertz CT molecular complexity index is 647. The molecule has 5 heteroatoms. The molecule has 1 aromatic carbocycles. The molecular formula is C13H9ClN2O2. The van der Waals surface area contributed by atoms with Crippen LogP contribution >= 0.6 is 11.6 Å². The Labute approximate surface area is 108 Å². The number of hydrogen-bond acceptors (Lipinski definition) is 4. The molecule has 0 saturated carbocycles. The Morgan fingerprint density at radius 1 is 1.11 bits per heavy atom. The van der Waals surface area contributed by atoms with Crippen molar-refractivity contribution in [3.8, 4) is 22.7 Å². The van der Waals surface area contributed by atoms with Gasteiger partial charge in [0.1, 0.15) is 11.6 Å². The standard InChI is InChI=1S/C13H9ClN2O2/c14-8-12-15-13(16-18-12)10-4-1-3-9(7-10)11-5-2-6-17-11/h1-7H,8H2. The molecule has 0 N–H and O–H groups in total. The third-order valence-corrected chi connectivity index (χ3v) is 2.74. The molecule has 0 spiro atoms. The van der Waals surface area contributed by atoms with E-state index in [-0.39, 0.29) is 5.88 Å². The van der Waals surface area contributed by atoms with E-state index in [1.165, 1.54) is 0 Å². The van der Waals surface area contributed by atoms with Gasteiger partial charge in [0, 0.05) is 11.1 Å². The minimum atomic E-state index is 0.213. The Morgan fingerprint density at radius 2 is 2.00 bits per heavy atom. The molecule has 0 unspecified atom stereocenters. The van der Waals surface area contributed by atoms with Crippen LogP contribution in [0.25, 0.3) is 22.7 Å². The second kappa shape index (κ2) is 4.66. The van der Waals surface area contributed by atoms with E-state index in [1.807, 2.05) is 36.4 Å². The van der Waals surface area contributed by atoms with Crippen molar-refractivity contribution in [2.75, 3.05) is 0 Å². The Balaban J connectivity index is 2.00. The molecule has 3 aromatic rings. The molecule has 2 heterocycles. The van der Waals surface area contributed by atoms with E-state index in [9.17, 15) is 0 Å². The molecular weight excluding hydrogens is 252 g/mol. The predicted molar refractivity (Wildman–Crippen MR) is 67.0 cm³/mol. The van der Waals surface area contributed by atoms with Crippen LogP contribution in [0.3, 0.4) is 0 Å². The number of furan rings is 1. The summed E-state index contributed by atoms with van der Waals surface area (Å²) in [6.07, 6.45) is 1.64. The zero-order valence-corrected chi connectivity index (χ0v) is 10.1. The first-order chi connectivity index (χ1) is 8.86. The number of nitrogens with zero attached hydrogens (tertiary/aromatic N) is 2. The van der Waals surface area contributed by atoms with Crippen LogP contribution in [0.1, 0.15) is 5.89 Å². The fraction of sp³-hybridized carbons (Fsp3) is 0.0769. The Hall–Kier alpha value is -2.07. The number of benzene rings is 1. The molecule has 0 aliphatic heterocycles. The summed E-state index contributed by atoms with van der Waals surface area (Å²) in [7, 11) is 0. The zero-order valence-electron chi connectivity index (χ0n) is 9.34. The summed E-state index contributed by atoms with van der Waals surface area (Å²) in [6, 6.07) is 11.5. The summed E-state index contributed by atoms with van der Waals surface area (Å²) in [5.41, 5.74) is 1.83. The second-order valence-electron chi connectivity index (χ2n) is 3.70. The highest BCUT2D eigenvalue weighted by atomic mass is 35.5. The first kappa shape index (κ1) is 11.0. The molecule has 3 rings (SSSR count). The maximum absolute atomic E-state index is 5.63. The third kappa shape index (κ3) is 2.02. The van der Waals surface area contributed by atoms with Gasteiger partial charge in [0.05, 0.1) is 6.26 Å². The van der Waals surface area contributed by atoms with E-state index in [4.69, 9.17) is 20.5 Å². The van der Waals surface area contributed by atoms with Crippen LogP contribution < -0.4 is 0 Å². The van der Waals surface area contributed by atoms with E-state index in [2.05, 4.69) is 10.1 Å². The monoisotopic (exact) mass is 260 g/mol. The molecule has 0 aliphatic rings. The molecule has 0 saturated heterocycles.